The van der Waals surface area contributed by atoms with E-state index in [2.05, 4.69) is 6.58 Å². The minimum absolute atomic E-state index is 0.0197. The quantitative estimate of drug-likeness (QED) is 0.722. The van der Waals surface area contributed by atoms with Crippen molar-refractivity contribution in [1.29, 1.82) is 0 Å². The van der Waals surface area contributed by atoms with Crippen LogP contribution in [-0.2, 0) is 4.74 Å². The first-order valence-corrected chi connectivity index (χ1v) is 4.78. The van der Waals surface area contributed by atoms with Crippen LogP contribution < -0.4 is 0 Å². The van der Waals surface area contributed by atoms with Gasteiger partial charge in [0.1, 0.15) is 0 Å². The SMILES string of the molecule is C=C1COC(c2ccccc2)[C@H]1CO. The maximum absolute atomic E-state index is 9.23. The Hall–Kier alpha value is -1.12. The molecule has 74 valence electrons. The summed E-state index contributed by atoms with van der Waals surface area (Å²) in [6.07, 6.45) is -0.0197. The van der Waals surface area contributed by atoms with Crippen LogP contribution >= 0.6 is 0 Å². The van der Waals surface area contributed by atoms with Gasteiger partial charge in [-0.25, -0.2) is 0 Å². The maximum Gasteiger partial charge on any atom is 0.0917 e. The van der Waals surface area contributed by atoms with Crippen LogP contribution in [0.25, 0.3) is 0 Å². The molecule has 0 saturated carbocycles. The van der Waals surface area contributed by atoms with Crippen LogP contribution in [0.4, 0.5) is 0 Å². The van der Waals surface area contributed by atoms with E-state index in [1.165, 1.54) is 0 Å². The fraction of sp³-hybridized carbons (Fsp3) is 0.333. The van der Waals surface area contributed by atoms with Gasteiger partial charge in [-0.05, 0) is 11.1 Å². The highest BCUT2D eigenvalue weighted by Gasteiger charge is 2.31. The number of rotatable bonds is 2. The molecule has 1 unspecified atom stereocenters. The van der Waals surface area contributed by atoms with E-state index in [4.69, 9.17) is 4.74 Å². The van der Waals surface area contributed by atoms with E-state index in [9.17, 15) is 5.11 Å². The van der Waals surface area contributed by atoms with E-state index in [0.29, 0.717) is 6.61 Å². The van der Waals surface area contributed by atoms with Crippen LogP contribution in [-0.4, -0.2) is 18.3 Å². The van der Waals surface area contributed by atoms with Crippen molar-refractivity contribution in [2.45, 2.75) is 6.10 Å². The zero-order valence-electron chi connectivity index (χ0n) is 8.02. The second-order valence-electron chi connectivity index (χ2n) is 3.59. The van der Waals surface area contributed by atoms with Crippen LogP contribution in [0.3, 0.4) is 0 Å². The highest BCUT2D eigenvalue weighted by molar-refractivity contribution is 5.24. The lowest BCUT2D eigenvalue weighted by Crippen LogP contribution is -2.12. The molecule has 0 aromatic heterocycles. The molecule has 1 N–H and O–H groups in total. The summed E-state index contributed by atoms with van der Waals surface area (Å²) in [5.74, 6) is 0.0531. The van der Waals surface area contributed by atoms with Crippen molar-refractivity contribution in [1.82, 2.24) is 0 Å². The average Bonchev–Trinajstić information content (AvgIpc) is 2.61. The molecule has 0 spiro atoms. The molecule has 1 aromatic carbocycles. The number of hydrogen-bond donors (Lipinski definition) is 1. The second kappa shape index (κ2) is 3.95. The molecule has 1 aliphatic heterocycles. The lowest BCUT2D eigenvalue weighted by molar-refractivity contribution is 0.0721. The van der Waals surface area contributed by atoms with Crippen LogP contribution in [0.1, 0.15) is 11.7 Å². The molecule has 0 aliphatic carbocycles. The summed E-state index contributed by atoms with van der Waals surface area (Å²) in [6, 6.07) is 9.97. The molecule has 0 bridgehead atoms. The van der Waals surface area contributed by atoms with E-state index >= 15 is 0 Å². The van der Waals surface area contributed by atoms with Gasteiger partial charge in [0.05, 0.1) is 19.3 Å². The molecule has 2 heteroatoms. The summed E-state index contributed by atoms with van der Waals surface area (Å²) < 4.78 is 5.60. The maximum atomic E-state index is 9.23. The highest BCUT2D eigenvalue weighted by atomic mass is 16.5. The third-order valence-corrected chi connectivity index (χ3v) is 2.66. The van der Waals surface area contributed by atoms with E-state index in [0.717, 1.165) is 11.1 Å². The third kappa shape index (κ3) is 1.59. The number of aliphatic hydroxyl groups excluding tert-OH is 1. The molecule has 2 nitrogen and oxygen atoms in total. The van der Waals surface area contributed by atoms with Crippen LogP contribution in [0.5, 0.6) is 0 Å². The number of hydrogen-bond acceptors (Lipinski definition) is 2. The topological polar surface area (TPSA) is 29.5 Å². The molecular formula is C12H14O2. The molecule has 14 heavy (non-hydrogen) atoms. The summed E-state index contributed by atoms with van der Waals surface area (Å²) in [5, 5.41) is 9.23. The summed E-state index contributed by atoms with van der Waals surface area (Å²) >= 11 is 0. The Morgan fingerprint density at radius 3 is 2.71 bits per heavy atom. The van der Waals surface area contributed by atoms with Gasteiger partial charge in [0, 0.05) is 5.92 Å². The van der Waals surface area contributed by atoms with Gasteiger partial charge < -0.3 is 9.84 Å². The van der Waals surface area contributed by atoms with Gasteiger partial charge in [0.2, 0.25) is 0 Å². The highest BCUT2D eigenvalue weighted by Crippen LogP contribution is 2.36. The lowest BCUT2D eigenvalue weighted by Gasteiger charge is -2.16. The Bertz CT molecular complexity index is 318. The largest absolute Gasteiger partial charge is 0.396 e. The summed E-state index contributed by atoms with van der Waals surface area (Å²) in [5.41, 5.74) is 2.10. The molecule has 1 fully saturated rings. The smallest absolute Gasteiger partial charge is 0.0917 e. The molecule has 1 aliphatic rings. The van der Waals surface area contributed by atoms with Crippen molar-refractivity contribution < 1.29 is 9.84 Å². The molecule has 0 radical (unpaired) electrons. The Morgan fingerprint density at radius 2 is 2.07 bits per heavy atom. The Morgan fingerprint density at radius 1 is 1.36 bits per heavy atom. The summed E-state index contributed by atoms with van der Waals surface area (Å²) in [7, 11) is 0. The molecular weight excluding hydrogens is 176 g/mol. The van der Waals surface area contributed by atoms with Crippen molar-refractivity contribution in [3.05, 3.63) is 48.0 Å². The second-order valence-corrected chi connectivity index (χ2v) is 3.59. The van der Waals surface area contributed by atoms with Gasteiger partial charge in [0.25, 0.3) is 0 Å². The molecule has 1 saturated heterocycles. The standard InChI is InChI=1S/C12H14O2/c1-9-8-14-12(11(9)7-13)10-5-3-2-4-6-10/h2-6,11-13H,1,7-8H2/t11-,12?/m0/s1. The normalized spacial score (nSPS) is 26.8. The first kappa shape index (κ1) is 9.44. The Kier molecular flexibility index (Phi) is 2.66. The molecule has 1 aromatic rings. The molecule has 0 amide bonds. The first-order chi connectivity index (χ1) is 6.83. The minimum atomic E-state index is -0.0197. The Labute approximate surface area is 83.8 Å². The van der Waals surface area contributed by atoms with Crippen molar-refractivity contribution in [2.75, 3.05) is 13.2 Å². The minimum Gasteiger partial charge on any atom is -0.396 e. The zero-order chi connectivity index (χ0) is 9.97. The number of aliphatic hydroxyl groups is 1. The number of ether oxygens (including phenoxy) is 1. The van der Waals surface area contributed by atoms with Gasteiger partial charge in [-0.1, -0.05) is 36.9 Å². The van der Waals surface area contributed by atoms with Gasteiger partial charge >= 0.3 is 0 Å². The average molecular weight is 190 g/mol. The molecule has 1 heterocycles. The zero-order valence-corrected chi connectivity index (χ0v) is 8.02. The van der Waals surface area contributed by atoms with Crippen LogP contribution in [0, 0.1) is 5.92 Å². The lowest BCUT2D eigenvalue weighted by atomic mass is 9.93. The first-order valence-electron chi connectivity index (χ1n) is 4.78. The van der Waals surface area contributed by atoms with E-state index in [1.54, 1.807) is 0 Å². The predicted molar refractivity (Wildman–Crippen MR) is 54.9 cm³/mol. The summed E-state index contributed by atoms with van der Waals surface area (Å²) in [6.45, 7) is 4.57. The van der Waals surface area contributed by atoms with Gasteiger partial charge in [-0.2, -0.15) is 0 Å². The van der Waals surface area contributed by atoms with E-state index in [-0.39, 0.29) is 18.6 Å². The van der Waals surface area contributed by atoms with Crippen molar-refractivity contribution >= 4 is 0 Å². The van der Waals surface area contributed by atoms with Gasteiger partial charge in [-0.15, -0.1) is 0 Å². The predicted octanol–water partition coefficient (Wildman–Crippen LogP) is 1.92. The van der Waals surface area contributed by atoms with Crippen LogP contribution in [0.2, 0.25) is 0 Å². The third-order valence-electron chi connectivity index (χ3n) is 2.66. The van der Waals surface area contributed by atoms with Crippen molar-refractivity contribution in [2.24, 2.45) is 5.92 Å². The number of benzene rings is 1. The van der Waals surface area contributed by atoms with Gasteiger partial charge in [-0.3, -0.25) is 0 Å². The Balaban J connectivity index is 2.23. The monoisotopic (exact) mass is 190 g/mol. The van der Waals surface area contributed by atoms with Crippen molar-refractivity contribution in [3.8, 4) is 0 Å². The van der Waals surface area contributed by atoms with Crippen molar-refractivity contribution in [3.63, 3.8) is 0 Å². The fourth-order valence-corrected chi connectivity index (χ4v) is 1.83. The van der Waals surface area contributed by atoms with Crippen LogP contribution in [0.15, 0.2) is 42.5 Å². The molecule has 2 atom stereocenters. The summed E-state index contributed by atoms with van der Waals surface area (Å²) in [4.78, 5) is 0. The van der Waals surface area contributed by atoms with Gasteiger partial charge in [0.15, 0.2) is 0 Å². The fourth-order valence-electron chi connectivity index (χ4n) is 1.83. The van der Waals surface area contributed by atoms with E-state index in [1.807, 2.05) is 30.3 Å². The molecule has 2 rings (SSSR count). The van der Waals surface area contributed by atoms with E-state index < -0.39 is 0 Å².